The van der Waals surface area contributed by atoms with E-state index in [0.717, 1.165) is 32.7 Å². The van der Waals surface area contributed by atoms with E-state index in [0.29, 0.717) is 17.9 Å². The molecule has 6 heteroatoms. The number of piperazine rings is 1. The number of piperidine rings is 1. The minimum atomic E-state index is 0. The second-order valence-electron chi connectivity index (χ2n) is 6.18. The molecule has 2 atom stereocenters. The first-order valence-electron chi connectivity index (χ1n) is 7.49. The van der Waals surface area contributed by atoms with Crippen molar-refractivity contribution in [1.29, 1.82) is 0 Å². The Morgan fingerprint density at radius 1 is 1.15 bits per heavy atom. The summed E-state index contributed by atoms with van der Waals surface area (Å²) in [5.41, 5.74) is 0. The zero-order valence-corrected chi connectivity index (χ0v) is 13.8. The van der Waals surface area contributed by atoms with Crippen LogP contribution in [-0.4, -0.2) is 61.0 Å². The molecule has 0 aromatic rings. The first-order valence-corrected chi connectivity index (χ1v) is 7.49. The number of nitrogens with one attached hydrogen (secondary N) is 1. The summed E-state index contributed by atoms with van der Waals surface area (Å²) in [6.07, 6.45) is 3.96. The Hall–Kier alpha value is -0.0300. The lowest BCUT2D eigenvalue weighted by molar-refractivity contribution is -0.141. The van der Waals surface area contributed by atoms with E-state index in [4.69, 9.17) is 0 Å². The van der Waals surface area contributed by atoms with Crippen molar-refractivity contribution in [2.24, 2.45) is 11.8 Å². The van der Waals surface area contributed by atoms with Crippen molar-refractivity contribution in [3.8, 4) is 0 Å². The molecule has 118 valence electrons. The summed E-state index contributed by atoms with van der Waals surface area (Å²) in [5, 5.41) is 3.27. The monoisotopic (exact) mass is 323 g/mol. The van der Waals surface area contributed by atoms with Gasteiger partial charge in [0.05, 0.1) is 0 Å². The Balaban J connectivity index is 0.000001000. The Morgan fingerprint density at radius 2 is 1.90 bits per heavy atom. The summed E-state index contributed by atoms with van der Waals surface area (Å²) in [6, 6.07) is 0.642. The molecule has 0 spiro atoms. The van der Waals surface area contributed by atoms with E-state index in [9.17, 15) is 4.79 Å². The lowest BCUT2D eigenvalue weighted by Gasteiger charge is -2.45. The van der Waals surface area contributed by atoms with Crippen LogP contribution in [0.5, 0.6) is 0 Å². The number of fused-ring (bicyclic) bond motifs is 1. The smallest absolute Gasteiger partial charge is 0.225 e. The van der Waals surface area contributed by atoms with Gasteiger partial charge in [0.2, 0.25) is 5.91 Å². The van der Waals surface area contributed by atoms with Gasteiger partial charge in [-0.25, -0.2) is 0 Å². The fourth-order valence-electron chi connectivity index (χ4n) is 3.51. The van der Waals surface area contributed by atoms with E-state index in [2.05, 4.69) is 22.0 Å². The van der Waals surface area contributed by atoms with Crippen LogP contribution in [0.4, 0.5) is 0 Å². The Labute approximate surface area is 134 Å². The van der Waals surface area contributed by atoms with E-state index in [1.807, 2.05) is 0 Å². The Kier molecular flexibility index (Phi) is 7.06. The predicted molar refractivity (Wildman–Crippen MR) is 85.8 cm³/mol. The highest BCUT2D eigenvalue weighted by Gasteiger charge is 2.36. The zero-order chi connectivity index (χ0) is 12.5. The number of hydrogen-bond donors (Lipinski definition) is 1. The molecule has 0 aliphatic carbocycles. The molecule has 3 aliphatic rings. The van der Waals surface area contributed by atoms with Crippen molar-refractivity contribution >= 4 is 30.7 Å². The molecule has 0 bridgehead atoms. The standard InChI is InChI=1S/C14H25N3O.2ClH/c1-11(12-8-15-9-12)14(18)17-7-6-16-5-3-2-4-13(16)10-17;;/h11-13,15H,2-10H2,1H3;2*1H. The molecule has 2 unspecified atom stereocenters. The molecule has 3 fully saturated rings. The third-order valence-electron chi connectivity index (χ3n) is 5.06. The molecular weight excluding hydrogens is 297 g/mol. The van der Waals surface area contributed by atoms with Crippen molar-refractivity contribution in [1.82, 2.24) is 15.1 Å². The number of nitrogens with zero attached hydrogens (tertiary/aromatic N) is 2. The number of hydrogen-bond acceptors (Lipinski definition) is 3. The van der Waals surface area contributed by atoms with Crippen LogP contribution in [0.3, 0.4) is 0 Å². The molecule has 0 aromatic carbocycles. The average Bonchev–Trinajstić information content (AvgIpc) is 2.35. The lowest BCUT2D eigenvalue weighted by atomic mass is 9.87. The molecule has 3 aliphatic heterocycles. The zero-order valence-electron chi connectivity index (χ0n) is 12.2. The van der Waals surface area contributed by atoms with Gasteiger partial charge in [0, 0.05) is 31.6 Å². The molecule has 1 amide bonds. The van der Waals surface area contributed by atoms with Gasteiger partial charge < -0.3 is 10.2 Å². The van der Waals surface area contributed by atoms with Gasteiger partial charge in [-0.3, -0.25) is 9.69 Å². The summed E-state index contributed by atoms with van der Waals surface area (Å²) < 4.78 is 0. The van der Waals surface area contributed by atoms with Gasteiger partial charge in [0.1, 0.15) is 0 Å². The molecule has 0 radical (unpaired) electrons. The van der Waals surface area contributed by atoms with Crippen LogP contribution in [0.1, 0.15) is 26.2 Å². The van der Waals surface area contributed by atoms with Crippen LogP contribution in [0.25, 0.3) is 0 Å². The van der Waals surface area contributed by atoms with Crippen molar-refractivity contribution in [2.75, 3.05) is 39.3 Å². The van der Waals surface area contributed by atoms with Crippen LogP contribution in [0.15, 0.2) is 0 Å². The summed E-state index contributed by atoms with van der Waals surface area (Å²) >= 11 is 0. The van der Waals surface area contributed by atoms with Gasteiger partial charge in [-0.2, -0.15) is 0 Å². The summed E-state index contributed by atoms with van der Waals surface area (Å²) in [6.45, 7) is 8.41. The van der Waals surface area contributed by atoms with Gasteiger partial charge in [0.25, 0.3) is 0 Å². The average molecular weight is 324 g/mol. The molecule has 0 aromatic heterocycles. The maximum atomic E-state index is 12.5. The molecule has 20 heavy (non-hydrogen) atoms. The summed E-state index contributed by atoms with van der Waals surface area (Å²) in [4.78, 5) is 17.2. The van der Waals surface area contributed by atoms with Gasteiger partial charge in [0.15, 0.2) is 0 Å². The van der Waals surface area contributed by atoms with Crippen LogP contribution >= 0.6 is 24.8 Å². The van der Waals surface area contributed by atoms with Crippen molar-refractivity contribution < 1.29 is 4.79 Å². The normalized spacial score (nSPS) is 28.4. The van der Waals surface area contributed by atoms with Crippen LogP contribution in [-0.2, 0) is 4.79 Å². The van der Waals surface area contributed by atoms with Crippen molar-refractivity contribution in [3.05, 3.63) is 0 Å². The molecule has 3 saturated heterocycles. The topological polar surface area (TPSA) is 35.6 Å². The third-order valence-corrected chi connectivity index (χ3v) is 5.06. The Bertz CT molecular complexity index is 326. The van der Waals surface area contributed by atoms with E-state index in [-0.39, 0.29) is 30.7 Å². The van der Waals surface area contributed by atoms with Gasteiger partial charge in [-0.05, 0) is 38.4 Å². The second-order valence-corrected chi connectivity index (χ2v) is 6.18. The fraction of sp³-hybridized carbons (Fsp3) is 0.929. The molecule has 0 saturated carbocycles. The lowest BCUT2D eigenvalue weighted by Crippen LogP contribution is -2.58. The second kappa shape index (κ2) is 7.83. The van der Waals surface area contributed by atoms with Gasteiger partial charge in [-0.1, -0.05) is 13.3 Å². The fourth-order valence-corrected chi connectivity index (χ4v) is 3.51. The number of halogens is 2. The van der Waals surface area contributed by atoms with Crippen LogP contribution in [0.2, 0.25) is 0 Å². The molecule has 3 heterocycles. The number of carbonyl (C=O) groups is 1. The Morgan fingerprint density at radius 3 is 2.55 bits per heavy atom. The summed E-state index contributed by atoms with van der Waals surface area (Å²) in [7, 11) is 0. The highest BCUT2D eigenvalue weighted by Crippen LogP contribution is 2.24. The number of amides is 1. The maximum Gasteiger partial charge on any atom is 0.225 e. The maximum absolute atomic E-state index is 12.5. The molecule has 1 N–H and O–H groups in total. The van der Waals surface area contributed by atoms with Crippen LogP contribution < -0.4 is 5.32 Å². The minimum Gasteiger partial charge on any atom is -0.340 e. The third kappa shape index (κ3) is 3.59. The summed E-state index contributed by atoms with van der Waals surface area (Å²) in [5.74, 6) is 1.18. The molecular formula is C14H27Cl2N3O. The number of rotatable bonds is 2. The van der Waals surface area contributed by atoms with E-state index in [1.54, 1.807) is 0 Å². The van der Waals surface area contributed by atoms with E-state index >= 15 is 0 Å². The molecule has 4 nitrogen and oxygen atoms in total. The largest absolute Gasteiger partial charge is 0.340 e. The quantitative estimate of drug-likeness (QED) is 0.834. The SMILES string of the molecule is CC(C(=O)N1CCN2CCCCC2C1)C1CNC1.Cl.Cl. The van der Waals surface area contributed by atoms with E-state index < -0.39 is 0 Å². The molecule has 3 rings (SSSR count). The van der Waals surface area contributed by atoms with Gasteiger partial charge in [-0.15, -0.1) is 24.8 Å². The van der Waals surface area contributed by atoms with Crippen molar-refractivity contribution in [2.45, 2.75) is 32.2 Å². The van der Waals surface area contributed by atoms with Crippen LogP contribution in [0, 0.1) is 11.8 Å². The van der Waals surface area contributed by atoms with Gasteiger partial charge >= 0.3 is 0 Å². The first-order chi connectivity index (χ1) is 8.75. The highest BCUT2D eigenvalue weighted by atomic mass is 35.5. The predicted octanol–water partition coefficient (Wildman–Crippen LogP) is 1.38. The minimum absolute atomic E-state index is 0. The number of carbonyl (C=O) groups excluding carboxylic acids is 1. The van der Waals surface area contributed by atoms with E-state index in [1.165, 1.54) is 25.8 Å². The van der Waals surface area contributed by atoms with Crippen molar-refractivity contribution in [3.63, 3.8) is 0 Å². The first kappa shape index (κ1) is 18.0. The highest BCUT2D eigenvalue weighted by molar-refractivity contribution is 5.85.